The summed E-state index contributed by atoms with van der Waals surface area (Å²) >= 11 is 0. The molecule has 3 rings (SSSR count). The molecule has 1 aromatic carbocycles. The zero-order valence-electron chi connectivity index (χ0n) is 15.0. The number of halogens is 1. The first-order chi connectivity index (χ1) is 12.3. The van der Waals surface area contributed by atoms with E-state index in [1.807, 2.05) is 6.92 Å². The van der Waals surface area contributed by atoms with Gasteiger partial charge in [-0.2, -0.15) is 5.10 Å². The van der Waals surface area contributed by atoms with Gasteiger partial charge in [-0.15, -0.1) is 0 Å². The molecule has 0 unspecified atom stereocenters. The van der Waals surface area contributed by atoms with Crippen LogP contribution < -0.4 is 5.11 Å². The number of nitrogens with zero attached hydrogens (tertiary/aromatic N) is 2. The third kappa shape index (κ3) is 2.85. The lowest BCUT2D eigenvalue weighted by Crippen LogP contribution is -2.54. The van der Waals surface area contributed by atoms with Crippen molar-refractivity contribution in [3.63, 3.8) is 0 Å². The molecule has 1 aliphatic rings. The van der Waals surface area contributed by atoms with Crippen molar-refractivity contribution < 1.29 is 19.1 Å². The third-order valence-electron chi connectivity index (χ3n) is 5.07. The summed E-state index contributed by atoms with van der Waals surface area (Å²) < 4.78 is 14.5. The topological polar surface area (TPSA) is 75.0 Å². The highest BCUT2D eigenvalue weighted by Gasteiger charge is 2.49. The fourth-order valence-electron chi connectivity index (χ4n) is 3.69. The molecule has 1 heterocycles. The Labute approximate surface area is 151 Å². The Kier molecular flexibility index (Phi) is 4.52. The fraction of sp³-hybridized carbons (Fsp3) is 0.350. The van der Waals surface area contributed by atoms with Crippen LogP contribution in [0.5, 0.6) is 0 Å². The van der Waals surface area contributed by atoms with Gasteiger partial charge in [0, 0.05) is 11.6 Å². The van der Waals surface area contributed by atoms with E-state index in [1.165, 1.54) is 24.3 Å². The zero-order chi connectivity index (χ0) is 19.1. The lowest BCUT2D eigenvalue weighted by molar-refractivity contribution is -0.317. The second kappa shape index (κ2) is 6.52. The quantitative estimate of drug-likeness (QED) is 0.626. The molecule has 2 atom stereocenters. The van der Waals surface area contributed by atoms with Gasteiger partial charge in [0.1, 0.15) is 11.2 Å². The first kappa shape index (κ1) is 18.0. The summed E-state index contributed by atoms with van der Waals surface area (Å²) in [6.07, 6.45) is 2.35. The standard InChI is InChI=1S/C20H21FN2O3/c1-12-8-9-20(19(25)26,18(24)23-14(3)11-13(2)22-23)17(10-12)15-4-6-16(21)7-5-15/h4-7,10-11,17H,8-9H2,1-3H3,(H,25,26)/p-1/t17-,20-/m1/s1. The Morgan fingerprint density at radius 1 is 1.23 bits per heavy atom. The summed E-state index contributed by atoms with van der Waals surface area (Å²) in [4.78, 5) is 25.6. The molecule has 0 fully saturated rings. The number of hydrogen-bond acceptors (Lipinski definition) is 4. The Bertz CT molecular complexity index is 898. The summed E-state index contributed by atoms with van der Waals surface area (Å²) in [5, 5.41) is 16.5. The average molecular weight is 355 g/mol. The highest BCUT2D eigenvalue weighted by atomic mass is 19.1. The van der Waals surface area contributed by atoms with Crippen molar-refractivity contribution in [2.24, 2.45) is 5.41 Å². The minimum Gasteiger partial charge on any atom is -0.549 e. The first-order valence-electron chi connectivity index (χ1n) is 8.48. The van der Waals surface area contributed by atoms with E-state index in [1.54, 1.807) is 26.0 Å². The van der Waals surface area contributed by atoms with Crippen LogP contribution in [-0.4, -0.2) is 21.7 Å². The van der Waals surface area contributed by atoms with Crippen LogP contribution >= 0.6 is 0 Å². The number of allylic oxidation sites excluding steroid dienone is 2. The van der Waals surface area contributed by atoms with E-state index in [0.717, 1.165) is 10.3 Å². The van der Waals surface area contributed by atoms with Crippen LogP contribution in [0.15, 0.2) is 42.0 Å². The average Bonchev–Trinajstić information content (AvgIpc) is 2.93. The van der Waals surface area contributed by atoms with Gasteiger partial charge in [0.05, 0.1) is 11.7 Å². The SMILES string of the molecule is CC1=C[C@H](c2ccc(F)cc2)[C@@](C(=O)[O-])(C(=O)n2nc(C)cc2C)CC1. The molecule has 1 aliphatic carbocycles. The molecule has 136 valence electrons. The first-order valence-corrected chi connectivity index (χ1v) is 8.48. The van der Waals surface area contributed by atoms with Crippen LogP contribution in [0.1, 0.15) is 47.4 Å². The van der Waals surface area contributed by atoms with Gasteiger partial charge in [0.25, 0.3) is 5.91 Å². The highest BCUT2D eigenvalue weighted by Crippen LogP contribution is 2.47. The van der Waals surface area contributed by atoms with Crippen molar-refractivity contribution in [3.05, 3.63) is 64.7 Å². The monoisotopic (exact) mass is 355 g/mol. The van der Waals surface area contributed by atoms with Gasteiger partial charge in [0.2, 0.25) is 0 Å². The number of aliphatic carboxylic acids is 1. The van der Waals surface area contributed by atoms with Crippen molar-refractivity contribution in [1.82, 2.24) is 9.78 Å². The van der Waals surface area contributed by atoms with Crippen molar-refractivity contribution >= 4 is 11.9 Å². The van der Waals surface area contributed by atoms with E-state index in [0.29, 0.717) is 23.4 Å². The molecule has 0 amide bonds. The number of rotatable bonds is 3. The molecule has 26 heavy (non-hydrogen) atoms. The molecular formula is C20H20FN2O3-. The van der Waals surface area contributed by atoms with Gasteiger partial charge in [-0.3, -0.25) is 4.79 Å². The minimum atomic E-state index is -1.79. The lowest BCUT2D eigenvalue weighted by Gasteiger charge is -2.42. The van der Waals surface area contributed by atoms with Crippen LogP contribution in [0.3, 0.4) is 0 Å². The Morgan fingerprint density at radius 3 is 2.42 bits per heavy atom. The smallest absolute Gasteiger partial charge is 0.259 e. The largest absolute Gasteiger partial charge is 0.549 e. The predicted molar refractivity (Wildman–Crippen MR) is 91.9 cm³/mol. The molecule has 0 saturated carbocycles. The van der Waals surface area contributed by atoms with Gasteiger partial charge in [-0.05, 0) is 57.4 Å². The molecule has 6 heteroatoms. The molecule has 0 saturated heterocycles. The number of carboxylic acids is 1. The van der Waals surface area contributed by atoms with Crippen LogP contribution in [0.2, 0.25) is 0 Å². The van der Waals surface area contributed by atoms with Crippen molar-refractivity contribution in [1.29, 1.82) is 0 Å². The maximum Gasteiger partial charge on any atom is 0.259 e. The van der Waals surface area contributed by atoms with Gasteiger partial charge < -0.3 is 9.90 Å². The van der Waals surface area contributed by atoms with E-state index < -0.39 is 29.0 Å². The van der Waals surface area contributed by atoms with Crippen molar-refractivity contribution in [2.45, 2.75) is 39.5 Å². The molecule has 0 N–H and O–H groups in total. The number of carboxylic acid groups (broad SMARTS) is 1. The van der Waals surface area contributed by atoms with E-state index >= 15 is 0 Å². The van der Waals surface area contributed by atoms with E-state index in [4.69, 9.17) is 0 Å². The van der Waals surface area contributed by atoms with Crippen molar-refractivity contribution in [3.8, 4) is 0 Å². The summed E-state index contributed by atoms with van der Waals surface area (Å²) in [5.41, 5.74) is 0.949. The summed E-state index contributed by atoms with van der Waals surface area (Å²) in [6, 6.07) is 7.28. The van der Waals surface area contributed by atoms with Crippen LogP contribution in [0.4, 0.5) is 4.39 Å². The van der Waals surface area contributed by atoms with Gasteiger partial charge in [-0.1, -0.05) is 23.8 Å². The number of carbonyl (C=O) groups is 2. The number of aromatic nitrogens is 2. The van der Waals surface area contributed by atoms with E-state index in [-0.39, 0.29) is 6.42 Å². The molecule has 0 spiro atoms. The molecule has 1 aromatic heterocycles. The second-order valence-corrected chi connectivity index (χ2v) is 6.95. The summed E-state index contributed by atoms with van der Waals surface area (Å²) in [5.74, 6) is -3.23. The molecule has 0 aliphatic heterocycles. The van der Waals surface area contributed by atoms with Crippen molar-refractivity contribution in [2.75, 3.05) is 0 Å². The van der Waals surface area contributed by atoms with Crippen LogP contribution in [-0.2, 0) is 4.79 Å². The molecule has 0 radical (unpaired) electrons. The summed E-state index contributed by atoms with van der Waals surface area (Å²) in [7, 11) is 0. The molecule has 2 aromatic rings. The second-order valence-electron chi connectivity index (χ2n) is 6.95. The third-order valence-corrected chi connectivity index (χ3v) is 5.07. The van der Waals surface area contributed by atoms with E-state index in [9.17, 15) is 19.1 Å². The molecule has 0 bridgehead atoms. The lowest BCUT2D eigenvalue weighted by atomic mass is 9.64. The number of carbonyl (C=O) groups excluding carboxylic acids is 2. The normalized spacial score (nSPS) is 22.8. The van der Waals surface area contributed by atoms with Crippen LogP contribution in [0, 0.1) is 25.1 Å². The maximum absolute atomic E-state index is 13.3. The maximum atomic E-state index is 13.3. The fourth-order valence-corrected chi connectivity index (χ4v) is 3.69. The summed E-state index contributed by atoms with van der Waals surface area (Å²) in [6.45, 7) is 5.34. The number of benzene rings is 1. The molecule has 5 nitrogen and oxygen atoms in total. The highest BCUT2D eigenvalue weighted by molar-refractivity contribution is 6.04. The Morgan fingerprint density at radius 2 is 1.88 bits per heavy atom. The van der Waals surface area contributed by atoms with Gasteiger partial charge in [-0.25, -0.2) is 9.07 Å². The Balaban J connectivity index is 2.19. The van der Waals surface area contributed by atoms with E-state index in [2.05, 4.69) is 5.10 Å². The van der Waals surface area contributed by atoms with Gasteiger partial charge in [0.15, 0.2) is 0 Å². The molecular weight excluding hydrogens is 335 g/mol. The zero-order valence-corrected chi connectivity index (χ0v) is 15.0. The Hall–Kier alpha value is -2.76. The van der Waals surface area contributed by atoms with Gasteiger partial charge >= 0.3 is 0 Å². The number of aryl methyl sites for hydroxylation is 2. The predicted octanol–water partition coefficient (Wildman–Crippen LogP) is 2.54. The minimum absolute atomic E-state index is 0.108. The van der Waals surface area contributed by atoms with Crippen LogP contribution in [0.25, 0.3) is 0 Å². The number of hydrogen-bond donors (Lipinski definition) is 0.